The number of nitrogen functional groups attached to an aromatic ring is 1. The SMILES string of the molecule is C=C(/N=C\c1ccc2sc(C(=O)N3CCOCC3)cc2c1N)Nc1cccc(NC(=O)CCN2CCCCC2)c1. The number of anilines is 3. The van der Waals surface area contributed by atoms with E-state index in [2.05, 4.69) is 27.1 Å². The van der Waals surface area contributed by atoms with E-state index < -0.39 is 0 Å². The summed E-state index contributed by atoms with van der Waals surface area (Å²) in [5, 5.41) is 7.00. The van der Waals surface area contributed by atoms with Crippen LogP contribution < -0.4 is 16.4 Å². The third-order valence-corrected chi connectivity index (χ3v) is 8.27. The summed E-state index contributed by atoms with van der Waals surface area (Å²) in [5.41, 5.74) is 9.27. The molecule has 3 aromatic rings. The Balaban J connectivity index is 1.18. The molecule has 0 spiro atoms. The van der Waals surface area contributed by atoms with Gasteiger partial charge in [-0.2, -0.15) is 0 Å². The van der Waals surface area contributed by atoms with Gasteiger partial charge in [0, 0.05) is 65.0 Å². The zero-order valence-electron chi connectivity index (χ0n) is 22.7. The smallest absolute Gasteiger partial charge is 0.264 e. The van der Waals surface area contributed by atoms with Crippen LogP contribution in [0.3, 0.4) is 0 Å². The normalized spacial score (nSPS) is 16.4. The van der Waals surface area contributed by atoms with E-state index in [-0.39, 0.29) is 11.8 Å². The molecule has 2 aliphatic rings. The van der Waals surface area contributed by atoms with Gasteiger partial charge in [0.1, 0.15) is 5.82 Å². The first-order chi connectivity index (χ1) is 19.5. The van der Waals surface area contributed by atoms with Crippen LogP contribution in [-0.4, -0.2) is 73.8 Å². The van der Waals surface area contributed by atoms with Crippen LogP contribution in [0.15, 0.2) is 59.9 Å². The van der Waals surface area contributed by atoms with Crippen molar-refractivity contribution in [1.29, 1.82) is 0 Å². The molecule has 2 aliphatic heterocycles. The molecular weight excluding hydrogens is 524 g/mol. The Labute approximate surface area is 238 Å². The first-order valence-electron chi connectivity index (χ1n) is 13.8. The first kappa shape index (κ1) is 27.8. The number of morpholine rings is 1. The average molecular weight is 561 g/mol. The molecule has 3 heterocycles. The predicted molar refractivity (Wildman–Crippen MR) is 163 cm³/mol. The van der Waals surface area contributed by atoms with Crippen molar-refractivity contribution in [3.8, 4) is 0 Å². The molecule has 9 nitrogen and oxygen atoms in total. The largest absolute Gasteiger partial charge is 0.398 e. The van der Waals surface area contributed by atoms with Gasteiger partial charge in [0.2, 0.25) is 5.91 Å². The Morgan fingerprint density at radius 2 is 1.77 bits per heavy atom. The van der Waals surface area contributed by atoms with Crippen molar-refractivity contribution < 1.29 is 14.3 Å². The quantitative estimate of drug-likeness (QED) is 0.257. The molecule has 0 bridgehead atoms. The zero-order chi connectivity index (χ0) is 27.9. The van der Waals surface area contributed by atoms with Crippen molar-refractivity contribution in [2.75, 3.05) is 62.3 Å². The number of piperidine rings is 1. The third-order valence-electron chi connectivity index (χ3n) is 7.18. The number of nitrogens with zero attached hydrogens (tertiary/aromatic N) is 3. The minimum atomic E-state index is 0.00803. The van der Waals surface area contributed by atoms with Crippen molar-refractivity contribution in [3.63, 3.8) is 0 Å². The van der Waals surface area contributed by atoms with E-state index in [1.165, 1.54) is 30.6 Å². The molecule has 4 N–H and O–H groups in total. The van der Waals surface area contributed by atoms with Gasteiger partial charge >= 0.3 is 0 Å². The molecule has 2 saturated heterocycles. The van der Waals surface area contributed by atoms with E-state index in [9.17, 15) is 9.59 Å². The maximum atomic E-state index is 12.9. The number of nitrogens with one attached hydrogen (secondary N) is 2. The number of rotatable bonds is 9. The number of aliphatic imine (C=N–C) groups is 1. The third kappa shape index (κ3) is 7.07. The number of nitrogens with two attached hydrogens (primary N) is 1. The molecule has 1 aromatic heterocycles. The summed E-state index contributed by atoms with van der Waals surface area (Å²) in [6.07, 6.45) is 5.86. The van der Waals surface area contributed by atoms with Crippen LogP contribution in [-0.2, 0) is 9.53 Å². The highest BCUT2D eigenvalue weighted by atomic mass is 32.1. The maximum absolute atomic E-state index is 12.9. The summed E-state index contributed by atoms with van der Waals surface area (Å²) < 4.78 is 6.31. The number of hydrogen-bond donors (Lipinski definition) is 3. The number of ether oxygens (including phenoxy) is 1. The summed E-state index contributed by atoms with van der Waals surface area (Å²) in [4.78, 5) is 34.7. The van der Waals surface area contributed by atoms with Crippen LogP contribution >= 0.6 is 11.3 Å². The molecule has 10 heteroatoms. The molecule has 40 heavy (non-hydrogen) atoms. The van der Waals surface area contributed by atoms with Gasteiger partial charge in [-0.05, 0) is 62.3 Å². The van der Waals surface area contributed by atoms with E-state index in [1.54, 1.807) is 6.21 Å². The minimum absolute atomic E-state index is 0.00803. The number of thiophene rings is 1. The number of likely N-dealkylation sites (tertiary alicyclic amines) is 1. The lowest BCUT2D eigenvalue weighted by Crippen LogP contribution is -2.40. The second-order valence-corrected chi connectivity index (χ2v) is 11.2. The van der Waals surface area contributed by atoms with Gasteiger partial charge < -0.3 is 30.9 Å². The average Bonchev–Trinajstić information content (AvgIpc) is 3.42. The Hall–Kier alpha value is -3.73. The highest BCUT2D eigenvalue weighted by Crippen LogP contribution is 2.32. The van der Waals surface area contributed by atoms with Gasteiger partial charge in [0.25, 0.3) is 5.91 Å². The molecule has 2 aromatic carbocycles. The van der Waals surface area contributed by atoms with Crippen LogP contribution in [0.25, 0.3) is 10.1 Å². The van der Waals surface area contributed by atoms with E-state index in [0.717, 1.165) is 46.7 Å². The van der Waals surface area contributed by atoms with E-state index in [0.29, 0.717) is 49.1 Å². The standard InChI is InChI=1S/C30H36N6O3S/c1-21(33-23-6-5-7-24(18-23)34-28(37)10-13-35-11-3-2-4-12-35)32-20-22-8-9-26-25(29(22)31)19-27(40-26)30(38)36-14-16-39-17-15-36/h5-9,18-20,33H,1-4,10-17,31H2,(H,34,37)/b32-20-. The van der Waals surface area contributed by atoms with Gasteiger partial charge in [-0.3, -0.25) is 9.59 Å². The zero-order valence-corrected chi connectivity index (χ0v) is 23.5. The number of amides is 2. The van der Waals surface area contributed by atoms with Crippen LogP contribution in [0, 0.1) is 0 Å². The van der Waals surface area contributed by atoms with Gasteiger partial charge in [0.15, 0.2) is 0 Å². The lowest BCUT2D eigenvalue weighted by Gasteiger charge is -2.26. The molecule has 0 atom stereocenters. The fourth-order valence-electron chi connectivity index (χ4n) is 4.98. The summed E-state index contributed by atoms with van der Waals surface area (Å²) in [6.45, 7) is 9.29. The van der Waals surface area contributed by atoms with Gasteiger partial charge in [-0.1, -0.05) is 19.1 Å². The summed E-state index contributed by atoms with van der Waals surface area (Å²) in [6, 6.07) is 13.2. The minimum Gasteiger partial charge on any atom is -0.398 e. The lowest BCUT2D eigenvalue weighted by atomic mass is 10.1. The molecule has 0 saturated carbocycles. The highest BCUT2D eigenvalue weighted by Gasteiger charge is 2.21. The highest BCUT2D eigenvalue weighted by molar-refractivity contribution is 7.20. The van der Waals surface area contributed by atoms with Crippen molar-refractivity contribution in [3.05, 3.63) is 65.3 Å². The number of hydrogen-bond acceptors (Lipinski definition) is 8. The Kier molecular flexibility index (Phi) is 9.10. The second kappa shape index (κ2) is 13.1. The molecule has 0 radical (unpaired) electrons. The number of benzene rings is 2. The predicted octanol–water partition coefficient (Wildman–Crippen LogP) is 4.77. The summed E-state index contributed by atoms with van der Waals surface area (Å²) in [7, 11) is 0. The van der Waals surface area contributed by atoms with Gasteiger partial charge in [-0.15, -0.1) is 11.3 Å². The molecule has 0 aliphatic carbocycles. The Morgan fingerprint density at radius 1 is 1.02 bits per heavy atom. The van der Waals surface area contributed by atoms with Gasteiger partial charge in [0.05, 0.1) is 18.1 Å². The van der Waals surface area contributed by atoms with E-state index in [4.69, 9.17) is 10.5 Å². The summed E-state index contributed by atoms with van der Waals surface area (Å²) >= 11 is 1.44. The number of carbonyl (C=O) groups is 2. The Bertz CT molecular complexity index is 1410. The summed E-state index contributed by atoms with van der Waals surface area (Å²) in [5.74, 6) is 0.451. The molecular formula is C30H36N6O3S. The fraction of sp³-hybridized carbons (Fsp3) is 0.367. The van der Waals surface area contributed by atoms with Crippen molar-refractivity contribution >= 4 is 56.5 Å². The lowest BCUT2D eigenvalue weighted by molar-refractivity contribution is -0.116. The van der Waals surface area contributed by atoms with Crippen molar-refractivity contribution in [1.82, 2.24) is 9.80 Å². The van der Waals surface area contributed by atoms with Crippen molar-refractivity contribution in [2.24, 2.45) is 4.99 Å². The van der Waals surface area contributed by atoms with Gasteiger partial charge in [-0.25, -0.2) is 4.99 Å². The molecule has 2 fully saturated rings. The fourth-order valence-corrected chi connectivity index (χ4v) is 6.02. The van der Waals surface area contributed by atoms with E-state index in [1.807, 2.05) is 47.4 Å². The van der Waals surface area contributed by atoms with Crippen LogP contribution in [0.1, 0.15) is 40.9 Å². The van der Waals surface area contributed by atoms with Crippen LogP contribution in [0.5, 0.6) is 0 Å². The Morgan fingerprint density at radius 3 is 2.55 bits per heavy atom. The molecule has 2 amide bonds. The molecule has 210 valence electrons. The number of fused-ring (bicyclic) bond motifs is 1. The monoisotopic (exact) mass is 560 g/mol. The first-order valence-corrected chi connectivity index (χ1v) is 14.6. The molecule has 0 unspecified atom stereocenters. The molecule has 5 rings (SSSR count). The number of carbonyl (C=O) groups excluding carboxylic acids is 2. The van der Waals surface area contributed by atoms with E-state index >= 15 is 0 Å². The maximum Gasteiger partial charge on any atom is 0.264 e. The van der Waals surface area contributed by atoms with Crippen molar-refractivity contribution in [2.45, 2.75) is 25.7 Å². The van der Waals surface area contributed by atoms with Crippen LogP contribution in [0.2, 0.25) is 0 Å². The van der Waals surface area contributed by atoms with Crippen LogP contribution in [0.4, 0.5) is 17.1 Å². The second-order valence-electron chi connectivity index (χ2n) is 10.1. The topological polar surface area (TPSA) is 112 Å².